The smallest absolute Gasteiger partial charge is 0.226 e. The van der Waals surface area contributed by atoms with Gasteiger partial charge in [0, 0.05) is 41.9 Å². The topological polar surface area (TPSA) is 66.5 Å². The number of carbonyl (C=O) groups excluding carboxylic acids is 3. The number of rotatable bonds is 6. The predicted molar refractivity (Wildman–Crippen MR) is 104 cm³/mol. The summed E-state index contributed by atoms with van der Waals surface area (Å²) >= 11 is 6.05. The summed E-state index contributed by atoms with van der Waals surface area (Å²) in [5.41, 5.74) is 2.68. The van der Waals surface area contributed by atoms with Crippen molar-refractivity contribution in [3.05, 3.63) is 58.6 Å². The average Bonchev–Trinajstić information content (AvgIpc) is 2.59. The summed E-state index contributed by atoms with van der Waals surface area (Å²) < 4.78 is 0. The summed E-state index contributed by atoms with van der Waals surface area (Å²) in [6.45, 7) is 4.99. The van der Waals surface area contributed by atoms with E-state index < -0.39 is 0 Å². The van der Waals surface area contributed by atoms with Gasteiger partial charge in [-0.3, -0.25) is 14.4 Å². The van der Waals surface area contributed by atoms with Crippen LogP contribution in [0, 0.1) is 6.92 Å². The Hall–Kier alpha value is -2.66. The fraction of sp³-hybridized carbons (Fsp3) is 0.250. The SMILES string of the molecule is CC(=O)c1ccc(N(CCC(=O)Nc2cccc(Cl)c2C)C(C)=O)cc1. The molecule has 136 valence electrons. The lowest BCUT2D eigenvalue weighted by Crippen LogP contribution is -2.32. The van der Waals surface area contributed by atoms with Gasteiger partial charge in [0.15, 0.2) is 5.78 Å². The standard InChI is InChI=1S/C20H21ClN2O3/c1-13-18(21)5-4-6-19(13)22-20(26)11-12-23(15(3)25)17-9-7-16(8-10-17)14(2)24/h4-10H,11-12H2,1-3H3,(H,22,26). The Morgan fingerprint density at radius 1 is 1.04 bits per heavy atom. The van der Waals surface area contributed by atoms with Gasteiger partial charge in [0.25, 0.3) is 0 Å². The van der Waals surface area contributed by atoms with Crippen LogP contribution in [0.2, 0.25) is 5.02 Å². The highest BCUT2D eigenvalue weighted by Crippen LogP contribution is 2.23. The normalized spacial score (nSPS) is 10.3. The number of Topliss-reactive ketones (excluding diaryl/α,β-unsaturated/α-hetero) is 1. The molecule has 5 nitrogen and oxygen atoms in total. The molecule has 0 spiro atoms. The minimum atomic E-state index is -0.207. The number of amides is 2. The van der Waals surface area contributed by atoms with Crippen molar-refractivity contribution in [2.24, 2.45) is 0 Å². The third-order valence-electron chi connectivity index (χ3n) is 4.07. The lowest BCUT2D eigenvalue weighted by Gasteiger charge is -2.21. The molecule has 6 heteroatoms. The highest BCUT2D eigenvalue weighted by atomic mass is 35.5. The summed E-state index contributed by atoms with van der Waals surface area (Å²) in [5, 5.41) is 3.40. The summed E-state index contributed by atoms with van der Waals surface area (Å²) in [4.78, 5) is 37.0. The molecule has 1 N–H and O–H groups in total. The molecule has 2 aromatic rings. The molecule has 0 saturated heterocycles. The van der Waals surface area contributed by atoms with E-state index >= 15 is 0 Å². The van der Waals surface area contributed by atoms with Gasteiger partial charge in [-0.25, -0.2) is 0 Å². The Bertz CT molecular complexity index is 831. The number of benzene rings is 2. The van der Waals surface area contributed by atoms with Crippen molar-refractivity contribution in [3.8, 4) is 0 Å². The monoisotopic (exact) mass is 372 g/mol. The number of anilines is 2. The van der Waals surface area contributed by atoms with Crippen LogP contribution in [-0.2, 0) is 9.59 Å². The second-order valence-corrected chi connectivity index (χ2v) is 6.39. The van der Waals surface area contributed by atoms with Gasteiger partial charge in [0.05, 0.1) is 0 Å². The number of nitrogens with one attached hydrogen (secondary N) is 1. The summed E-state index contributed by atoms with van der Waals surface area (Å²) in [6, 6.07) is 12.1. The maximum Gasteiger partial charge on any atom is 0.226 e. The second kappa shape index (κ2) is 8.63. The summed E-state index contributed by atoms with van der Waals surface area (Å²) in [6.07, 6.45) is 0.139. The van der Waals surface area contributed by atoms with Gasteiger partial charge in [-0.2, -0.15) is 0 Å². The molecule has 0 fully saturated rings. The highest BCUT2D eigenvalue weighted by Gasteiger charge is 2.14. The van der Waals surface area contributed by atoms with E-state index in [0.29, 0.717) is 22.0 Å². The van der Waals surface area contributed by atoms with E-state index in [4.69, 9.17) is 11.6 Å². The molecule has 0 unspecified atom stereocenters. The van der Waals surface area contributed by atoms with Crippen LogP contribution >= 0.6 is 11.6 Å². The van der Waals surface area contributed by atoms with Gasteiger partial charge in [0.2, 0.25) is 11.8 Å². The van der Waals surface area contributed by atoms with Crippen molar-refractivity contribution in [2.75, 3.05) is 16.8 Å². The lowest BCUT2D eigenvalue weighted by molar-refractivity contribution is -0.117. The van der Waals surface area contributed by atoms with Crippen molar-refractivity contribution in [1.82, 2.24) is 0 Å². The highest BCUT2D eigenvalue weighted by molar-refractivity contribution is 6.31. The van der Waals surface area contributed by atoms with Gasteiger partial charge >= 0.3 is 0 Å². The molecule has 0 aliphatic carbocycles. The number of nitrogens with zero attached hydrogens (tertiary/aromatic N) is 1. The van der Waals surface area contributed by atoms with Gasteiger partial charge in [-0.15, -0.1) is 0 Å². The van der Waals surface area contributed by atoms with Crippen LogP contribution in [0.5, 0.6) is 0 Å². The third-order valence-corrected chi connectivity index (χ3v) is 4.48. The maximum atomic E-state index is 12.2. The molecule has 0 aliphatic rings. The second-order valence-electron chi connectivity index (χ2n) is 5.98. The lowest BCUT2D eigenvalue weighted by atomic mass is 10.1. The number of hydrogen-bond donors (Lipinski definition) is 1. The first-order chi connectivity index (χ1) is 12.3. The van der Waals surface area contributed by atoms with Gasteiger partial charge < -0.3 is 10.2 Å². The number of halogens is 1. The molecule has 0 heterocycles. The molecular formula is C20H21ClN2O3. The van der Waals surface area contributed by atoms with Crippen LogP contribution < -0.4 is 10.2 Å². The Morgan fingerprint density at radius 2 is 1.69 bits per heavy atom. The summed E-state index contributed by atoms with van der Waals surface area (Å²) in [7, 11) is 0. The van der Waals surface area contributed by atoms with Crippen molar-refractivity contribution >= 4 is 40.6 Å². The molecule has 2 rings (SSSR count). The number of carbonyl (C=O) groups is 3. The third kappa shape index (κ3) is 4.92. The van der Waals surface area contributed by atoms with E-state index in [1.54, 1.807) is 42.5 Å². The van der Waals surface area contributed by atoms with Crippen LogP contribution in [-0.4, -0.2) is 24.1 Å². The zero-order chi connectivity index (χ0) is 19.3. The molecule has 2 amide bonds. The Kier molecular flexibility index (Phi) is 6.52. The number of ketones is 1. The largest absolute Gasteiger partial charge is 0.326 e. The molecule has 26 heavy (non-hydrogen) atoms. The summed E-state index contributed by atoms with van der Waals surface area (Å²) in [5.74, 6) is -0.420. The van der Waals surface area contributed by atoms with Gasteiger partial charge in [-0.05, 0) is 55.8 Å². The van der Waals surface area contributed by atoms with Gasteiger partial charge in [-0.1, -0.05) is 17.7 Å². The predicted octanol–water partition coefficient (Wildman–Crippen LogP) is 4.23. The molecule has 0 saturated carbocycles. The van der Waals surface area contributed by atoms with Crippen LogP contribution in [0.15, 0.2) is 42.5 Å². The van der Waals surface area contributed by atoms with E-state index in [0.717, 1.165) is 5.56 Å². The van der Waals surface area contributed by atoms with Crippen LogP contribution in [0.25, 0.3) is 0 Å². The van der Waals surface area contributed by atoms with E-state index in [-0.39, 0.29) is 30.6 Å². The molecule has 0 aromatic heterocycles. The fourth-order valence-electron chi connectivity index (χ4n) is 2.51. The minimum Gasteiger partial charge on any atom is -0.326 e. The van der Waals surface area contributed by atoms with E-state index in [1.807, 2.05) is 6.92 Å². The van der Waals surface area contributed by atoms with Crippen molar-refractivity contribution < 1.29 is 14.4 Å². The zero-order valence-electron chi connectivity index (χ0n) is 15.0. The van der Waals surface area contributed by atoms with Crippen molar-refractivity contribution in [1.29, 1.82) is 0 Å². The fourth-order valence-corrected chi connectivity index (χ4v) is 2.69. The van der Waals surface area contributed by atoms with E-state index in [1.165, 1.54) is 18.7 Å². The Labute approximate surface area is 158 Å². The Morgan fingerprint density at radius 3 is 2.27 bits per heavy atom. The molecule has 0 atom stereocenters. The van der Waals surface area contributed by atoms with E-state index in [9.17, 15) is 14.4 Å². The molecule has 0 radical (unpaired) electrons. The zero-order valence-corrected chi connectivity index (χ0v) is 15.8. The van der Waals surface area contributed by atoms with Crippen molar-refractivity contribution in [2.45, 2.75) is 27.2 Å². The quantitative estimate of drug-likeness (QED) is 0.771. The molecule has 2 aromatic carbocycles. The number of hydrogen-bond acceptors (Lipinski definition) is 3. The maximum absolute atomic E-state index is 12.2. The van der Waals surface area contributed by atoms with E-state index in [2.05, 4.69) is 5.32 Å². The first-order valence-corrected chi connectivity index (χ1v) is 8.61. The first kappa shape index (κ1) is 19.7. The molecule has 0 bridgehead atoms. The van der Waals surface area contributed by atoms with Crippen LogP contribution in [0.3, 0.4) is 0 Å². The average molecular weight is 373 g/mol. The molecule has 0 aliphatic heterocycles. The molecular weight excluding hydrogens is 352 g/mol. The van der Waals surface area contributed by atoms with Crippen LogP contribution in [0.1, 0.15) is 36.2 Å². The minimum absolute atomic E-state index is 0.0396. The first-order valence-electron chi connectivity index (χ1n) is 8.23. The van der Waals surface area contributed by atoms with Gasteiger partial charge in [0.1, 0.15) is 0 Å². The Balaban J connectivity index is 2.04. The van der Waals surface area contributed by atoms with Crippen molar-refractivity contribution in [3.63, 3.8) is 0 Å². The van der Waals surface area contributed by atoms with Crippen LogP contribution in [0.4, 0.5) is 11.4 Å².